The molecule has 204 valence electrons. The van der Waals surface area contributed by atoms with Crippen LogP contribution in [0.4, 0.5) is 13.2 Å². The summed E-state index contributed by atoms with van der Waals surface area (Å²) in [5.41, 5.74) is 2.64. The molecule has 3 N–H and O–H groups in total. The number of fused-ring (bicyclic) bond motifs is 1. The topological polar surface area (TPSA) is 92.5 Å². The Hall–Kier alpha value is -4.47. The van der Waals surface area contributed by atoms with Crippen LogP contribution >= 0.6 is 0 Å². The van der Waals surface area contributed by atoms with Gasteiger partial charge in [0, 0.05) is 47.6 Å². The molecule has 0 bridgehead atoms. The van der Waals surface area contributed by atoms with Crippen LogP contribution in [0.2, 0.25) is 0 Å². The Kier molecular flexibility index (Phi) is 8.43. The quantitative estimate of drug-likeness (QED) is 0.227. The van der Waals surface area contributed by atoms with Crippen LogP contribution in [0.1, 0.15) is 29.0 Å². The number of carbonyl (C=O) groups is 2. The molecule has 4 rings (SSSR count). The molecule has 1 aromatic heterocycles. The molecule has 0 spiro atoms. The lowest BCUT2D eigenvalue weighted by atomic mass is 9.97. The Morgan fingerprint density at radius 1 is 0.846 bits per heavy atom. The molecule has 2 amide bonds. The second kappa shape index (κ2) is 11.9. The Balaban J connectivity index is 1.74. The van der Waals surface area contributed by atoms with E-state index in [4.69, 9.17) is 9.47 Å². The van der Waals surface area contributed by atoms with Gasteiger partial charge in [0.05, 0.1) is 19.9 Å². The lowest BCUT2D eigenvalue weighted by Crippen LogP contribution is -2.33. The summed E-state index contributed by atoms with van der Waals surface area (Å²) in [6, 6.07) is 16.7. The Morgan fingerprint density at radius 2 is 1.54 bits per heavy atom. The van der Waals surface area contributed by atoms with Gasteiger partial charge in [0.15, 0.2) is 17.7 Å². The fraction of sp³-hybridized carbons (Fsp3) is 0.241. The van der Waals surface area contributed by atoms with Crippen molar-refractivity contribution < 1.29 is 32.2 Å². The maximum absolute atomic E-state index is 15.1. The first-order valence-corrected chi connectivity index (χ1v) is 12.2. The summed E-state index contributed by atoms with van der Waals surface area (Å²) in [4.78, 5) is 26.7. The van der Waals surface area contributed by atoms with Gasteiger partial charge >= 0.3 is 0 Å². The average Bonchev–Trinajstić information content (AvgIpc) is 3.33. The molecule has 0 aliphatic rings. The van der Waals surface area contributed by atoms with Gasteiger partial charge in [0.25, 0.3) is 12.3 Å². The molecule has 4 aromatic rings. The third-order valence-electron chi connectivity index (χ3n) is 6.25. The van der Waals surface area contributed by atoms with E-state index in [-0.39, 0.29) is 29.6 Å². The molecule has 3 aromatic carbocycles. The molecule has 0 radical (unpaired) electrons. The normalized spacial score (nSPS) is 11.9. The van der Waals surface area contributed by atoms with Gasteiger partial charge in [-0.1, -0.05) is 18.2 Å². The molecule has 0 saturated heterocycles. The second-order valence-electron chi connectivity index (χ2n) is 8.80. The zero-order chi connectivity index (χ0) is 28.1. The number of amides is 2. The Morgan fingerprint density at radius 3 is 2.23 bits per heavy atom. The number of hydrogen-bond acceptors (Lipinski definition) is 4. The van der Waals surface area contributed by atoms with Crippen LogP contribution < -0.4 is 20.1 Å². The summed E-state index contributed by atoms with van der Waals surface area (Å²) in [6.45, 7) is 1.94. The molecular weight excluding hydrogens is 511 g/mol. The molecule has 1 unspecified atom stereocenters. The molecular formula is C29H28F3N3O4. The highest BCUT2D eigenvalue weighted by Crippen LogP contribution is 2.42. The summed E-state index contributed by atoms with van der Waals surface area (Å²) in [5.74, 6) is 0.302. The molecule has 0 aliphatic heterocycles. The van der Waals surface area contributed by atoms with E-state index in [1.54, 1.807) is 60.7 Å². The molecule has 39 heavy (non-hydrogen) atoms. The van der Waals surface area contributed by atoms with E-state index < -0.39 is 12.6 Å². The number of methoxy groups -OCH3 is 2. The van der Waals surface area contributed by atoms with Gasteiger partial charge in [0.1, 0.15) is 0 Å². The van der Waals surface area contributed by atoms with Gasteiger partial charge < -0.3 is 25.1 Å². The summed E-state index contributed by atoms with van der Waals surface area (Å²) in [7, 11) is 2.93. The smallest absolute Gasteiger partial charge is 0.273 e. The van der Waals surface area contributed by atoms with Crippen molar-refractivity contribution in [3.8, 4) is 33.9 Å². The summed E-state index contributed by atoms with van der Waals surface area (Å²) in [6.07, 6.45) is -5.78. The van der Waals surface area contributed by atoms with Gasteiger partial charge in [-0.15, -0.1) is 0 Å². The first-order chi connectivity index (χ1) is 18.7. The highest BCUT2D eigenvalue weighted by atomic mass is 19.3. The highest BCUT2D eigenvalue weighted by Gasteiger charge is 2.29. The number of rotatable bonds is 10. The standard InChI is InChI=1S/C29H28F3N3O4/c1-16(36)33-11-12-34-29(37)20-6-4-5-17(13-20)18-7-9-22-21(14-18)25(26(30)28(31)32)27(35-22)19-8-10-23(38-2)24(15-19)39-3/h4-10,13-15,26,28,35H,11-12H2,1-3H3,(H,33,36)(H,34,37). The lowest BCUT2D eigenvalue weighted by molar-refractivity contribution is -0.118. The number of benzene rings is 3. The SMILES string of the molecule is COc1ccc(-c2[nH]c3ccc(-c4cccc(C(=O)NCCNC(C)=O)c4)cc3c2C(F)C(F)F)cc1OC. The van der Waals surface area contributed by atoms with Crippen LogP contribution in [0.3, 0.4) is 0 Å². The summed E-state index contributed by atoms with van der Waals surface area (Å²) in [5, 5.41) is 5.63. The van der Waals surface area contributed by atoms with Crippen LogP contribution in [0.5, 0.6) is 11.5 Å². The van der Waals surface area contributed by atoms with Crippen LogP contribution in [-0.4, -0.2) is 50.5 Å². The zero-order valence-electron chi connectivity index (χ0n) is 21.6. The minimum atomic E-state index is -3.24. The molecule has 1 heterocycles. The number of aromatic nitrogens is 1. The maximum atomic E-state index is 15.1. The fourth-order valence-corrected chi connectivity index (χ4v) is 4.38. The first-order valence-electron chi connectivity index (χ1n) is 12.2. The second-order valence-corrected chi connectivity index (χ2v) is 8.80. The average molecular weight is 540 g/mol. The number of alkyl halides is 3. The number of nitrogens with one attached hydrogen (secondary N) is 3. The van der Waals surface area contributed by atoms with Crippen molar-refractivity contribution in [1.82, 2.24) is 15.6 Å². The summed E-state index contributed by atoms with van der Waals surface area (Å²) < 4.78 is 53.1. The number of hydrogen-bond donors (Lipinski definition) is 3. The van der Waals surface area contributed by atoms with Gasteiger partial charge in [-0.2, -0.15) is 0 Å². The third-order valence-corrected chi connectivity index (χ3v) is 6.25. The van der Waals surface area contributed by atoms with E-state index in [1.807, 2.05) is 0 Å². The van der Waals surface area contributed by atoms with Crippen LogP contribution in [0.15, 0.2) is 60.7 Å². The van der Waals surface area contributed by atoms with Crippen molar-refractivity contribution in [2.45, 2.75) is 19.5 Å². The van der Waals surface area contributed by atoms with Crippen LogP contribution in [-0.2, 0) is 4.79 Å². The van der Waals surface area contributed by atoms with Gasteiger partial charge in [0.2, 0.25) is 5.91 Å². The number of ether oxygens (including phenoxy) is 2. The Labute approximate surface area is 223 Å². The monoisotopic (exact) mass is 539 g/mol. The third kappa shape index (κ3) is 6.00. The number of H-pyrrole nitrogens is 1. The van der Waals surface area contributed by atoms with E-state index in [0.29, 0.717) is 51.2 Å². The highest BCUT2D eigenvalue weighted by molar-refractivity contribution is 5.97. The van der Waals surface area contributed by atoms with E-state index >= 15 is 4.39 Å². The van der Waals surface area contributed by atoms with Crippen molar-refractivity contribution in [1.29, 1.82) is 0 Å². The largest absolute Gasteiger partial charge is 0.493 e. The summed E-state index contributed by atoms with van der Waals surface area (Å²) >= 11 is 0. The predicted molar refractivity (Wildman–Crippen MR) is 143 cm³/mol. The van der Waals surface area contributed by atoms with E-state index in [9.17, 15) is 18.4 Å². The minimum Gasteiger partial charge on any atom is -0.493 e. The molecule has 1 atom stereocenters. The number of carbonyl (C=O) groups excluding carboxylic acids is 2. The first kappa shape index (κ1) is 27.6. The van der Waals surface area contributed by atoms with Crippen molar-refractivity contribution in [3.05, 3.63) is 71.8 Å². The van der Waals surface area contributed by atoms with Gasteiger partial charge in [-0.25, -0.2) is 13.2 Å². The zero-order valence-corrected chi connectivity index (χ0v) is 21.6. The Bertz CT molecular complexity index is 1500. The fourth-order valence-electron chi connectivity index (χ4n) is 4.38. The van der Waals surface area contributed by atoms with Gasteiger partial charge in [-0.05, 0) is 53.6 Å². The van der Waals surface area contributed by atoms with Gasteiger partial charge in [-0.3, -0.25) is 9.59 Å². The van der Waals surface area contributed by atoms with Crippen molar-refractivity contribution >= 4 is 22.7 Å². The van der Waals surface area contributed by atoms with Crippen molar-refractivity contribution in [3.63, 3.8) is 0 Å². The van der Waals surface area contributed by atoms with Crippen LogP contribution in [0, 0.1) is 0 Å². The number of halogens is 3. The number of aromatic amines is 1. The molecule has 0 saturated carbocycles. The molecule has 10 heteroatoms. The predicted octanol–water partition coefficient (Wildman–Crippen LogP) is 5.66. The van der Waals surface area contributed by atoms with Crippen molar-refractivity contribution in [2.75, 3.05) is 27.3 Å². The molecule has 0 fully saturated rings. The lowest BCUT2D eigenvalue weighted by Gasteiger charge is -2.13. The van der Waals surface area contributed by atoms with Crippen molar-refractivity contribution in [2.24, 2.45) is 0 Å². The maximum Gasteiger partial charge on any atom is 0.273 e. The molecule has 7 nitrogen and oxygen atoms in total. The molecule has 0 aliphatic carbocycles. The van der Waals surface area contributed by atoms with Crippen LogP contribution in [0.25, 0.3) is 33.3 Å². The minimum absolute atomic E-state index is 0.166. The van der Waals surface area contributed by atoms with E-state index in [2.05, 4.69) is 15.6 Å². The van der Waals surface area contributed by atoms with E-state index in [0.717, 1.165) is 0 Å². The van der Waals surface area contributed by atoms with E-state index in [1.165, 1.54) is 21.1 Å².